The fraction of sp³-hybridized carbons (Fsp3) is 0.667. The zero-order valence-corrected chi connectivity index (χ0v) is 9.77. The molecule has 0 unspecified atom stereocenters. The van der Waals surface area contributed by atoms with E-state index in [0.29, 0.717) is 6.42 Å². The van der Waals surface area contributed by atoms with Crippen LogP contribution in [-0.2, 0) is 10.2 Å². The number of halogens is 2. The number of aliphatic imine (C=N–C) groups is 1. The highest BCUT2D eigenvalue weighted by molar-refractivity contribution is 7.88. The van der Waals surface area contributed by atoms with E-state index in [4.69, 9.17) is 23.2 Å². The molecule has 0 amide bonds. The summed E-state index contributed by atoms with van der Waals surface area (Å²) < 4.78 is 27.3. The van der Waals surface area contributed by atoms with Gasteiger partial charge < -0.3 is 0 Å². The van der Waals surface area contributed by atoms with E-state index in [1.54, 1.807) is 6.92 Å². The Labute approximate surface area is 92.6 Å². The highest BCUT2D eigenvalue weighted by Crippen LogP contribution is 2.14. The SMILES string of the molecule is CCC1=NS(=O)(=O)N(CCCl)C(Cl)=N1. The van der Waals surface area contributed by atoms with Gasteiger partial charge in [0.25, 0.3) is 0 Å². The number of hydrogen-bond acceptors (Lipinski definition) is 3. The van der Waals surface area contributed by atoms with Crippen molar-refractivity contribution in [3.8, 4) is 0 Å². The molecule has 1 rings (SSSR count). The number of amidine groups is 2. The third kappa shape index (κ3) is 2.37. The molecule has 0 saturated heterocycles. The highest BCUT2D eigenvalue weighted by atomic mass is 35.5. The van der Waals surface area contributed by atoms with Crippen molar-refractivity contribution in [2.24, 2.45) is 9.39 Å². The topological polar surface area (TPSA) is 62.1 Å². The molecule has 1 aliphatic heterocycles. The van der Waals surface area contributed by atoms with Gasteiger partial charge in [-0.15, -0.1) is 16.0 Å². The molecule has 1 heterocycles. The Hall–Kier alpha value is -0.330. The molecular weight excluding hydrogens is 249 g/mol. The molecule has 0 aromatic rings. The predicted octanol–water partition coefficient (Wildman–Crippen LogP) is 1.19. The molecule has 5 nitrogen and oxygen atoms in total. The van der Waals surface area contributed by atoms with Gasteiger partial charge >= 0.3 is 10.2 Å². The molecule has 14 heavy (non-hydrogen) atoms. The maximum absolute atomic E-state index is 11.5. The first kappa shape index (κ1) is 11.7. The summed E-state index contributed by atoms with van der Waals surface area (Å²) in [5.74, 6) is 0.350. The smallest absolute Gasteiger partial charge is 0.224 e. The van der Waals surface area contributed by atoms with Crippen LogP contribution in [0, 0.1) is 0 Å². The summed E-state index contributed by atoms with van der Waals surface area (Å²) >= 11 is 11.1. The summed E-state index contributed by atoms with van der Waals surface area (Å²) in [6, 6.07) is 0. The molecule has 0 atom stereocenters. The Morgan fingerprint density at radius 2 is 2.14 bits per heavy atom. The fourth-order valence-electron chi connectivity index (χ4n) is 0.888. The van der Waals surface area contributed by atoms with Gasteiger partial charge in [-0.25, -0.2) is 9.30 Å². The summed E-state index contributed by atoms with van der Waals surface area (Å²) in [7, 11) is -3.72. The van der Waals surface area contributed by atoms with Crippen molar-refractivity contribution >= 4 is 44.5 Å². The minimum Gasteiger partial charge on any atom is -0.224 e. The Bertz CT molecular complexity index is 377. The summed E-state index contributed by atoms with van der Waals surface area (Å²) in [6.45, 7) is 1.83. The van der Waals surface area contributed by atoms with Crippen LogP contribution < -0.4 is 0 Å². The van der Waals surface area contributed by atoms with Gasteiger partial charge in [-0.2, -0.15) is 8.42 Å². The Morgan fingerprint density at radius 3 is 2.57 bits per heavy atom. The van der Waals surface area contributed by atoms with Crippen LogP contribution in [0.3, 0.4) is 0 Å². The van der Waals surface area contributed by atoms with Crippen molar-refractivity contribution in [3.63, 3.8) is 0 Å². The van der Waals surface area contributed by atoms with E-state index in [2.05, 4.69) is 9.39 Å². The molecule has 0 aromatic carbocycles. The van der Waals surface area contributed by atoms with Crippen molar-refractivity contribution in [1.29, 1.82) is 0 Å². The molecule has 0 N–H and O–H groups in total. The number of hydrogen-bond donors (Lipinski definition) is 0. The average Bonchev–Trinajstić information content (AvgIpc) is 2.10. The molecule has 0 saturated carbocycles. The third-order valence-corrected chi connectivity index (χ3v) is 3.44. The van der Waals surface area contributed by atoms with Crippen LogP contribution in [0.4, 0.5) is 0 Å². The maximum atomic E-state index is 11.5. The van der Waals surface area contributed by atoms with E-state index in [1.807, 2.05) is 0 Å². The molecule has 0 radical (unpaired) electrons. The van der Waals surface area contributed by atoms with Crippen LogP contribution >= 0.6 is 23.2 Å². The minimum atomic E-state index is -3.72. The second-order valence-electron chi connectivity index (χ2n) is 2.48. The van der Waals surface area contributed by atoms with Gasteiger partial charge in [-0.3, -0.25) is 0 Å². The van der Waals surface area contributed by atoms with Crippen LogP contribution in [-0.4, -0.2) is 36.3 Å². The second kappa shape index (κ2) is 4.46. The van der Waals surface area contributed by atoms with Gasteiger partial charge in [-0.05, 0) is 11.6 Å². The lowest BCUT2D eigenvalue weighted by Gasteiger charge is -2.21. The van der Waals surface area contributed by atoms with E-state index in [1.165, 1.54) is 0 Å². The quantitative estimate of drug-likeness (QED) is 0.563. The summed E-state index contributed by atoms with van der Waals surface area (Å²) in [5.41, 5.74) is 0. The van der Waals surface area contributed by atoms with Crippen LogP contribution in [0.5, 0.6) is 0 Å². The van der Waals surface area contributed by atoms with E-state index in [-0.39, 0.29) is 23.6 Å². The number of nitrogens with zero attached hydrogens (tertiary/aromatic N) is 3. The van der Waals surface area contributed by atoms with E-state index in [9.17, 15) is 8.42 Å². The van der Waals surface area contributed by atoms with Gasteiger partial charge in [0.1, 0.15) is 5.84 Å². The molecule has 0 bridgehead atoms. The fourth-order valence-corrected chi connectivity index (χ4v) is 2.69. The molecule has 8 heteroatoms. The normalized spacial score (nSPS) is 20.4. The van der Waals surface area contributed by atoms with Gasteiger partial charge in [0.15, 0.2) is 0 Å². The van der Waals surface area contributed by atoms with Crippen LogP contribution in [0.15, 0.2) is 9.39 Å². The zero-order valence-electron chi connectivity index (χ0n) is 7.44. The van der Waals surface area contributed by atoms with E-state index >= 15 is 0 Å². The van der Waals surface area contributed by atoms with Crippen LogP contribution in [0.25, 0.3) is 0 Å². The van der Waals surface area contributed by atoms with Crippen molar-refractivity contribution in [1.82, 2.24) is 4.31 Å². The van der Waals surface area contributed by atoms with E-state index < -0.39 is 10.2 Å². The molecule has 80 valence electrons. The Balaban J connectivity index is 3.05. The molecule has 1 aliphatic rings. The minimum absolute atomic E-state index is 0.0761. The van der Waals surface area contributed by atoms with Gasteiger partial charge in [0, 0.05) is 12.3 Å². The monoisotopic (exact) mass is 257 g/mol. The lowest BCUT2D eigenvalue weighted by atomic mass is 10.5. The standard InChI is InChI=1S/C6H9Cl2N3O2S/c1-2-5-9-6(8)11(4-3-7)14(12,13)10-5/h2-4H2,1H3. The van der Waals surface area contributed by atoms with Crippen molar-refractivity contribution < 1.29 is 8.42 Å². The maximum Gasteiger partial charge on any atom is 0.348 e. The molecule has 0 fully saturated rings. The van der Waals surface area contributed by atoms with Crippen molar-refractivity contribution in [2.75, 3.05) is 12.4 Å². The predicted molar refractivity (Wildman–Crippen MR) is 57.4 cm³/mol. The Morgan fingerprint density at radius 1 is 1.50 bits per heavy atom. The highest BCUT2D eigenvalue weighted by Gasteiger charge is 2.27. The lowest BCUT2D eigenvalue weighted by Crippen LogP contribution is -2.37. The molecule has 0 aliphatic carbocycles. The largest absolute Gasteiger partial charge is 0.348 e. The summed E-state index contributed by atoms with van der Waals surface area (Å²) in [4.78, 5) is 3.82. The van der Waals surface area contributed by atoms with Crippen LogP contribution in [0.2, 0.25) is 0 Å². The summed E-state index contributed by atoms with van der Waals surface area (Å²) in [5, 5.41) is -0.0995. The number of alkyl halides is 1. The lowest BCUT2D eigenvalue weighted by molar-refractivity contribution is 0.535. The first-order chi connectivity index (χ1) is 6.51. The number of rotatable bonds is 3. The first-order valence-electron chi connectivity index (χ1n) is 3.93. The zero-order chi connectivity index (χ0) is 10.8. The van der Waals surface area contributed by atoms with E-state index in [0.717, 1.165) is 4.31 Å². The van der Waals surface area contributed by atoms with Crippen molar-refractivity contribution in [2.45, 2.75) is 13.3 Å². The Kier molecular flexibility index (Phi) is 3.74. The van der Waals surface area contributed by atoms with Crippen LogP contribution in [0.1, 0.15) is 13.3 Å². The first-order valence-corrected chi connectivity index (χ1v) is 6.24. The molecule has 0 spiro atoms. The van der Waals surface area contributed by atoms with Crippen molar-refractivity contribution in [3.05, 3.63) is 0 Å². The summed E-state index contributed by atoms with van der Waals surface area (Å²) in [6.07, 6.45) is 0.421. The van der Waals surface area contributed by atoms with Gasteiger partial charge in [0.05, 0.1) is 6.54 Å². The van der Waals surface area contributed by atoms with Gasteiger partial charge in [-0.1, -0.05) is 6.92 Å². The third-order valence-electron chi connectivity index (χ3n) is 1.53. The molecular formula is C6H9Cl2N3O2S. The second-order valence-corrected chi connectivity index (χ2v) is 4.72. The molecule has 0 aromatic heterocycles. The van der Waals surface area contributed by atoms with Gasteiger partial charge in [0.2, 0.25) is 5.29 Å². The average molecular weight is 258 g/mol.